The number of para-hydroxylation sites is 1. The van der Waals surface area contributed by atoms with Crippen molar-refractivity contribution in [1.82, 2.24) is 0 Å². The number of nitrogens with zero attached hydrogens (tertiary/aromatic N) is 1. The minimum atomic E-state index is -3.57. The first-order valence-corrected chi connectivity index (χ1v) is 9.94. The summed E-state index contributed by atoms with van der Waals surface area (Å²) in [5.74, 6) is 0.627. The number of nitrogens with one attached hydrogen (secondary N) is 1. The third kappa shape index (κ3) is 5.11. The van der Waals surface area contributed by atoms with E-state index in [1.165, 1.54) is 4.90 Å². The van der Waals surface area contributed by atoms with Crippen LogP contribution in [0, 0.1) is 0 Å². The van der Waals surface area contributed by atoms with E-state index in [1.54, 1.807) is 36.4 Å². The highest BCUT2D eigenvalue weighted by Crippen LogP contribution is 2.18. The molecule has 7 heteroatoms. The van der Waals surface area contributed by atoms with Gasteiger partial charge >= 0.3 is 10.1 Å². The number of aromatic hydroxyl groups is 1. The second-order valence-electron chi connectivity index (χ2n) is 6.16. The number of rotatable bonds is 6. The molecule has 2 aromatic carbocycles. The molecule has 134 valence electrons. The van der Waals surface area contributed by atoms with Crippen LogP contribution in [-0.4, -0.2) is 52.0 Å². The fourth-order valence-electron chi connectivity index (χ4n) is 2.93. The minimum absolute atomic E-state index is 0.0104. The maximum absolute atomic E-state index is 12.1. The van der Waals surface area contributed by atoms with E-state index in [2.05, 4.69) is 4.90 Å². The molecule has 0 bridgehead atoms. The number of phenolic OH excluding ortho intramolecular Hbond substituents is 1. The van der Waals surface area contributed by atoms with Crippen molar-refractivity contribution >= 4 is 15.8 Å². The number of piperazine rings is 1. The lowest BCUT2D eigenvalue weighted by Crippen LogP contribution is -3.15. The molecule has 6 nitrogen and oxygen atoms in total. The smallest absolute Gasteiger partial charge is 0.314 e. The van der Waals surface area contributed by atoms with Gasteiger partial charge in [0.2, 0.25) is 0 Å². The number of hydrogen-bond acceptors (Lipinski definition) is 5. The maximum Gasteiger partial charge on any atom is 0.314 e. The normalized spacial score (nSPS) is 15.9. The monoisotopic (exact) mass is 363 g/mol. The van der Waals surface area contributed by atoms with Gasteiger partial charge in [0.05, 0.1) is 32.7 Å². The zero-order valence-electron chi connectivity index (χ0n) is 14.0. The van der Waals surface area contributed by atoms with Crippen molar-refractivity contribution in [3.63, 3.8) is 0 Å². The Bertz CT molecular complexity index is 770. The average Bonchev–Trinajstić information content (AvgIpc) is 2.62. The van der Waals surface area contributed by atoms with E-state index in [0.29, 0.717) is 12.3 Å². The minimum Gasteiger partial charge on any atom is -0.508 e. The van der Waals surface area contributed by atoms with Gasteiger partial charge in [-0.1, -0.05) is 18.2 Å². The first-order valence-electron chi connectivity index (χ1n) is 8.37. The molecule has 1 saturated heterocycles. The summed E-state index contributed by atoms with van der Waals surface area (Å²) in [6.45, 7) is 4.02. The Balaban J connectivity index is 1.46. The molecule has 0 unspecified atom stereocenters. The third-order valence-corrected chi connectivity index (χ3v) is 5.51. The topological polar surface area (TPSA) is 71.3 Å². The zero-order valence-corrected chi connectivity index (χ0v) is 14.8. The van der Waals surface area contributed by atoms with E-state index >= 15 is 0 Å². The first-order chi connectivity index (χ1) is 12.0. The van der Waals surface area contributed by atoms with Crippen LogP contribution in [0.1, 0.15) is 0 Å². The highest BCUT2D eigenvalue weighted by molar-refractivity contribution is 7.87. The Morgan fingerprint density at radius 3 is 2.28 bits per heavy atom. The fourth-order valence-corrected chi connectivity index (χ4v) is 3.95. The van der Waals surface area contributed by atoms with Crippen LogP contribution in [0.25, 0.3) is 0 Å². The Morgan fingerprint density at radius 2 is 1.64 bits per heavy atom. The average molecular weight is 363 g/mol. The predicted octanol–water partition coefficient (Wildman–Crippen LogP) is 0.506. The molecule has 2 aromatic rings. The second-order valence-corrected chi connectivity index (χ2v) is 7.85. The molecular formula is C18H23N2O4S+. The SMILES string of the molecule is O=S(=O)(CC[NH+]1CCN(c2ccc(O)cc2)CC1)Oc1ccccc1. The molecule has 0 aromatic heterocycles. The summed E-state index contributed by atoms with van der Waals surface area (Å²) in [7, 11) is -3.57. The van der Waals surface area contributed by atoms with Crippen molar-refractivity contribution in [2.24, 2.45) is 0 Å². The lowest BCUT2D eigenvalue weighted by Gasteiger charge is -2.33. The van der Waals surface area contributed by atoms with Crippen LogP contribution in [-0.2, 0) is 10.1 Å². The molecule has 0 spiro atoms. The molecule has 1 fully saturated rings. The number of hydrogen-bond donors (Lipinski definition) is 2. The molecule has 1 heterocycles. The van der Waals surface area contributed by atoms with Crippen LogP contribution in [0.2, 0.25) is 0 Å². The van der Waals surface area contributed by atoms with Gasteiger partial charge in [0, 0.05) is 5.69 Å². The van der Waals surface area contributed by atoms with Gasteiger partial charge < -0.3 is 19.1 Å². The number of anilines is 1. The lowest BCUT2D eigenvalue weighted by molar-refractivity contribution is -0.898. The van der Waals surface area contributed by atoms with E-state index < -0.39 is 10.1 Å². The molecule has 25 heavy (non-hydrogen) atoms. The van der Waals surface area contributed by atoms with Crippen molar-refractivity contribution in [3.8, 4) is 11.5 Å². The Morgan fingerprint density at radius 1 is 1.00 bits per heavy atom. The second kappa shape index (κ2) is 7.76. The Labute approximate surface area is 148 Å². The van der Waals surface area contributed by atoms with Crippen molar-refractivity contribution in [2.45, 2.75) is 0 Å². The van der Waals surface area contributed by atoms with E-state index in [9.17, 15) is 13.5 Å². The zero-order chi connectivity index (χ0) is 17.7. The van der Waals surface area contributed by atoms with Crippen molar-refractivity contribution in [1.29, 1.82) is 0 Å². The third-order valence-electron chi connectivity index (χ3n) is 4.36. The fraction of sp³-hybridized carbons (Fsp3) is 0.333. The standard InChI is InChI=1S/C18H22N2O4S/c21-17-8-6-16(7-9-17)20-12-10-19(11-13-20)14-15-25(22,23)24-18-4-2-1-3-5-18/h1-9,21H,10-15H2/p+1. The van der Waals surface area contributed by atoms with Gasteiger partial charge in [-0.15, -0.1) is 0 Å². The van der Waals surface area contributed by atoms with Gasteiger partial charge in [0.25, 0.3) is 0 Å². The summed E-state index contributed by atoms with van der Waals surface area (Å²) in [6, 6.07) is 15.8. The van der Waals surface area contributed by atoms with Gasteiger partial charge in [0.15, 0.2) is 0 Å². The summed E-state index contributed by atoms with van der Waals surface area (Å²) < 4.78 is 29.3. The van der Waals surface area contributed by atoms with Crippen molar-refractivity contribution < 1.29 is 22.6 Å². The summed E-state index contributed by atoms with van der Waals surface area (Å²) >= 11 is 0. The predicted molar refractivity (Wildman–Crippen MR) is 96.7 cm³/mol. The molecule has 1 aliphatic rings. The van der Waals surface area contributed by atoms with Crippen LogP contribution >= 0.6 is 0 Å². The van der Waals surface area contributed by atoms with Crippen LogP contribution in [0.4, 0.5) is 5.69 Å². The van der Waals surface area contributed by atoms with Gasteiger partial charge in [-0.2, -0.15) is 8.42 Å². The first kappa shape index (κ1) is 17.6. The Kier molecular flexibility index (Phi) is 5.45. The van der Waals surface area contributed by atoms with Gasteiger partial charge in [-0.3, -0.25) is 0 Å². The molecule has 0 aliphatic carbocycles. The lowest BCUT2D eigenvalue weighted by atomic mass is 10.2. The summed E-state index contributed by atoms with van der Waals surface area (Å²) in [5.41, 5.74) is 1.08. The molecule has 0 amide bonds. The molecule has 3 rings (SSSR count). The quantitative estimate of drug-likeness (QED) is 0.732. The van der Waals surface area contributed by atoms with Gasteiger partial charge in [-0.25, -0.2) is 0 Å². The molecule has 0 saturated carbocycles. The number of benzene rings is 2. The van der Waals surface area contributed by atoms with E-state index in [1.807, 2.05) is 18.2 Å². The van der Waals surface area contributed by atoms with Crippen LogP contribution in [0.15, 0.2) is 54.6 Å². The van der Waals surface area contributed by atoms with Crippen LogP contribution < -0.4 is 14.0 Å². The van der Waals surface area contributed by atoms with E-state index in [0.717, 1.165) is 31.9 Å². The van der Waals surface area contributed by atoms with Crippen molar-refractivity contribution in [3.05, 3.63) is 54.6 Å². The van der Waals surface area contributed by atoms with Crippen molar-refractivity contribution in [2.75, 3.05) is 43.4 Å². The highest BCUT2D eigenvalue weighted by Gasteiger charge is 2.23. The molecule has 1 aliphatic heterocycles. The van der Waals surface area contributed by atoms with Gasteiger partial charge in [-0.05, 0) is 36.4 Å². The number of quaternary nitrogens is 1. The van der Waals surface area contributed by atoms with E-state index in [4.69, 9.17) is 4.18 Å². The summed E-state index contributed by atoms with van der Waals surface area (Å²) in [4.78, 5) is 3.51. The highest BCUT2D eigenvalue weighted by atomic mass is 32.2. The number of phenols is 1. The molecule has 2 N–H and O–H groups in total. The Hall–Kier alpha value is -2.25. The molecule has 0 radical (unpaired) electrons. The van der Waals surface area contributed by atoms with E-state index in [-0.39, 0.29) is 11.5 Å². The summed E-state index contributed by atoms with van der Waals surface area (Å²) in [6.07, 6.45) is 0. The van der Waals surface area contributed by atoms with Crippen LogP contribution in [0.5, 0.6) is 11.5 Å². The molecule has 0 atom stereocenters. The summed E-state index contributed by atoms with van der Waals surface area (Å²) in [5, 5.41) is 9.36. The molecular weight excluding hydrogens is 340 g/mol. The largest absolute Gasteiger partial charge is 0.508 e. The van der Waals surface area contributed by atoms with Crippen LogP contribution in [0.3, 0.4) is 0 Å². The maximum atomic E-state index is 12.1. The van der Waals surface area contributed by atoms with Gasteiger partial charge in [0.1, 0.15) is 17.3 Å².